The van der Waals surface area contributed by atoms with Crippen LogP contribution < -0.4 is 10.2 Å². The molecule has 7 rings (SSSR count). The molecule has 172 valence electrons. The number of nitrogens with zero attached hydrogens (tertiary/aromatic N) is 1. The van der Waals surface area contributed by atoms with Gasteiger partial charge in [-0.15, -0.1) is 0 Å². The molecule has 34 heavy (non-hydrogen) atoms. The average Bonchev–Trinajstić information content (AvgIpc) is 3.37. The molecule has 3 nitrogen and oxygen atoms in total. The highest BCUT2D eigenvalue weighted by Crippen LogP contribution is 2.50. The van der Waals surface area contributed by atoms with Crippen molar-refractivity contribution in [1.82, 2.24) is 5.32 Å². The van der Waals surface area contributed by atoms with Crippen molar-refractivity contribution in [3.8, 4) is 0 Å². The largest absolute Gasteiger partial charge is 0.317 e. The molecule has 2 fully saturated rings. The molecule has 0 radical (unpaired) electrons. The highest BCUT2D eigenvalue weighted by Gasteiger charge is 2.51. The van der Waals surface area contributed by atoms with Gasteiger partial charge in [-0.2, -0.15) is 0 Å². The summed E-state index contributed by atoms with van der Waals surface area (Å²) in [6.07, 6.45) is 10.6. The predicted octanol–water partition coefficient (Wildman–Crippen LogP) is 6.29. The van der Waals surface area contributed by atoms with E-state index < -0.39 is 0 Å². The smallest absolute Gasteiger partial charge is 0.237 e. The van der Waals surface area contributed by atoms with Crippen LogP contribution in [-0.2, 0) is 10.2 Å². The third-order valence-corrected chi connectivity index (χ3v) is 8.92. The molecule has 4 aliphatic rings. The number of fused-ring (bicyclic) bond motifs is 2. The van der Waals surface area contributed by atoms with Crippen molar-refractivity contribution in [1.29, 1.82) is 0 Å². The van der Waals surface area contributed by atoms with Gasteiger partial charge in [0, 0.05) is 12.2 Å². The van der Waals surface area contributed by atoms with Crippen LogP contribution in [0.5, 0.6) is 0 Å². The normalized spacial score (nSPS) is 21.4. The van der Waals surface area contributed by atoms with Crippen LogP contribution in [0, 0.1) is 5.92 Å². The zero-order chi connectivity index (χ0) is 22.7. The van der Waals surface area contributed by atoms with E-state index in [1.54, 1.807) is 0 Å². The number of hydrogen-bond donors (Lipinski definition) is 1. The molecule has 0 aromatic heterocycles. The summed E-state index contributed by atoms with van der Waals surface area (Å²) < 4.78 is 0. The third-order valence-electron chi connectivity index (χ3n) is 8.92. The maximum absolute atomic E-state index is 14.1. The molecule has 2 heterocycles. The van der Waals surface area contributed by atoms with E-state index in [-0.39, 0.29) is 5.41 Å². The first-order chi connectivity index (χ1) is 16.7. The Kier molecular flexibility index (Phi) is 4.70. The van der Waals surface area contributed by atoms with Crippen LogP contribution in [0.4, 0.5) is 5.69 Å². The number of carbonyl (C=O) groups is 1. The van der Waals surface area contributed by atoms with E-state index in [1.807, 2.05) is 0 Å². The monoisotopic (exact) mass is 448 g/mol. The fraction of sp³-hybridized carbons (Fsp3) is 0.387. The minimum absolute atomic E-state index is 0.358. The van der Waals surface area contributed by atoms with Crippen LogP contribution in [0.25, 0.3) is 22.4 Å². The van der Waals surface area contributed by atoms with E-state index in [1.165, 1.54) is 76.4 Å². The summed E-state index contributed by atoms with van der Waals surface area (Å²) >= 11 is 0. The molecule has 2 aliphatic carbocycles. The second kappa shape index (κ2) is 7.81. The van der Waals surface area contributed by atoms with Gasteiger partial charge in [0.05, 0.1) is 5.41 Å². The molecule has 0 unspecified atom stereocenters. The Balaban J connectivity index is 1.33. The van der Waals surface area contributed by atoms with Gasteiger partial charge in [0.2, 0.25) is 5.91 Å². The lowest BCUT2D eigenvalue weighted by atomic mass is 9.73. The average molecular weight is 449 g/mol. The van der Waals surface area contributed by atoms with Crippen LogP contribution in [0.2, 0.25) is 0 Å². The molecule has 0 bridgehead atoms. The van der Waals surface area contributed by atoms with E-state index in [9.17, 15) is 4.79 Å². The molecule has 3 aromatic rings. The number of rotatable bonds is 3. The first kappa shape index (κ1) is 20.5. The summed E-state index contributed by atoms with van der Waals surface area (Å²) in [6, 6.07) is 20.1. The van der Waals surface area contributed by atoms with Crippen LogP contribution >= 0.6 is 0 Å². The van der Waals surface area contributed by atoms with Crippen molar-refractivity contribution < 1.29 is 4.79 Å². The molecule has 1 amide bonds. The Morgan fingerprint density at radius 2 is 1.74 bits per heavy atom. The van der Waals surface area contributed by atoms with Gasteiger partial charge in [-0.05, 0) is 101 Å². The van der Waals surface area contributed by atoms with Gasteiger partial charge in [-0.25, -0.2) is 0 Å². The van der Waals surface area contributed by atoms with E-state index in [0.717, 1.165) is 32.5 Å². The number of nitrogens with one attached hydrogen (secondary N) is 1. The Bertz CT molecular complexity index is 1320. The van der Waals surface area contributed by atoms with Crippen LogP contribution in [0.3, 0.4) is 0 Å². The number of amides is 1. The summed E-state index contributed by atoms with van der Waals surface area (Å²) in [4.78, 5) is 16.2. The first-order valence-electron chi connectivity index (χ1n) is 13.2. The zero-order valence-electron chi connectivity index (χ0n) is 19.8. The summed E-state index contributed by atoms with van der Waals surface area (Å²) in [5, 5.41) is 6.15. The number of benzene rings is 3. The lowest BCUT2D eigenvalue weighted by molar-refractivity contribution is -0.124. The highest BCUT2D eigenvalue weighted by molar-refractivity contribution is 6.14. The quantitative estimate of drug-likeness (QED) is 0.399. The van der Waals surface area contributed by atoms with Crippen molar-refractivity contribution in [2.24, 2.45) is 5.92 Å². The summed E-state index contributed by atoms with van der Waals surface area (Å²) in [5.74, 6) is 1.00. The zero-order valence-corrected chi connectivity index (χ0v) is 19.8. The van der Waals surface area contributed by atoms with Gasteiger partial charge >= 0.3 is 0 Å². The number of hydrogen-bond acceptors (Lipinski definition) is 2. The lowest BCUT2D eigenvalue weighted by Crippen LogP contribution is -2.48. The Labute approximate surface area is 201 Å². The van der Waals surface area contributed by atoms with Gasteiger partial charge < -0.3 is 10.2 Å². The van der Waals surface area contributed by atoms with E-state index in [2.05, 4.69) is 70.9 Å². The molecule has 1 saturated heterocycles. The van der Waals surface area contributed by atoms with Crippen LogP contribution in [0.15, 0.2) is 54.6 Å². The van der Waals surface area contributed by atoms with Gasteiger partial charge in [-0.3, -0.25) is 4.79 Å². The Hall–Kier alpha value is -2.91. The van der Waals surface area contributed by atoms with Crippen molar-refractivity contribution in [2.75, 3.05) is 24.5 Å². The lowest BCUT2D eigenvalue weighted by Gasteiger charge is -2.34. The summed E-state index contributed by atoms with van der Waals surface area (Å²) in [5.41, 5.74) is 7.24. The predicted molar refractivity (Wildman–Crippen MR) is 140 cm³/mol. The van der Waals surface area contributed by atoms with Crippen molar-refractivity contribution in [2.45, 2.75) is 50.4 Å². The topological polar surface area (TPSA) is 32.3 Å². The third kappa shape index (κ3) is 2.96. The Morgan fingerprint density at radius 3 is 2.56 bits per heavy atom. The molecular formula is C31H32N2O. The second-order valence-corrected chi connectivity index (χ2v) is 10.8. The maximum atomic E-state index is 14.1. The second-order valence-electron chi connectivity index (χ2n) is 10.8. The minimum atomic E-state index is -0.358. The van der Waals surface area contributed by atoms with Crippen LogP contribution in [-0.4, -0.2) is 25.5 Å². The maximum Gasteiger partial charge on any atom is 0.237 e. The molecular weight excluding hydrogens is 416 g/mol. The molecule has 1 saturated carbocycles. The summed E-state index contributed by atoms with van der Waals surface area (Å²) in [7, 11) is 0. The standard InChI is InChI=1S/C31H32N2O/c34-30-31(14-16-32-17-15-31)27-19-23(12-13-28(27)33(30)20-21-6-2-1-3-7-21)26-18-24-10-4-8-22-9-5-11-25(26)29(22)24/h4-5,8-13,18-19,21,32H,1-3,6-7,14-17,20H2. The van der Waals surface area contributed by atoms with E-state index in [0.29, 0.717) is 11.8 Å². The number of piperidine rings is 1. The number of carbonyl (C=O) groups excluding carboxylic acids is 1. The molecule has 3 aromatic carbocycles. The first-order valence-corrected chi connectivity index (χ1v) is 13.2. The van der Waals surface area contributed by atoms with Gasteiger partial charge in [0.15, 0.2) is 0 Å². The molecule has 0 atom stereocenters. The van der Waals surface area contributed by atoms with Crippen molar-refractivity contribution >= 4 is 34.0 Å². The molecule has 2 aliphatic heterocycles. The molecule has 1 N–H and O–H groups in total. The van der Waals surface area contributed by atoms with E-state index >= 15 is 0 Å². The summed E-state index contributed by atoms with van der Waals surface area (Å²) in [6.45, 7) is 2.73. The fourth-order valence-corrected chi connectivity index (χ4v) is 7.14. The van der Waals surface area contributed by atoms with Crippen molar-refractivity contribution in [3.63, 3.8) is 0 Å². The highest BCUT2D eigenvalue weighted by atomic mass is 16.2. The molecule has 1 spiro atoms. The van der Waals surface area contributed by atoms with Gasteiger partial charge in [-0.1, -0.05) is 61.7 Å². The van der Waals surface area contributed by atoms with Crippen molar-refractivity contribution in [3.05, 3.63) is 76.9 Å². The SMILES string of the molecule is O=C1N(CC2CCCCC2)c2ccc(C3=Cc4cccc5cccc3c45)cc2C12CCNCC2. The van der Waals surface area contributed by atoms with Gasteiger partial charge in [0.25, 0.3) is 0 Å². The fourth-order valence-electron chi connectivity index (χ4n) is 7.14. The van der Waals surface area contributed by atoms with Crippen LogP contribution in [0.1, 0.15) is 67.2 Å². The minimum Gasteiger partial charge on any atom is -0.317 e. The van der Waals surface area contributed by atoms with Gasteiger partial charge in [0.1, 0.15) is 0 Å². The number of anilines is 1. The molecule has 3 heteroatoms. The Morgan fingerprint density at radius 1 is 0.941 bits per heavy atom. The van der Waals surface area contributed by atoms with E-state index in [4.69, 9.17) is 0 Å².